The Labute approximate surface area is 166 Å². The predicted octanol–water partition coefficient (Wildman–Crippen LogP) is 5.25. The molecule has 2 aromatic rings. The smallest absolute Gasteiger partial charge is 0.161 e. The molecule has 3 nitrogen and oxygen atoms in total. The lowest BCUT2D eigenvalue weighted by atomic mass is 9.54. The predicted molar refractivity (Wildman–Crippen MR) is 109 cm³/mol. The van der Waals surface area contributed by atoms with Gasteiger partial charge in [0, 0.05) is 17.5 Å². The standard InChI is InChI=1S/C23H29NO2S/c1-25-22-12-15(4-5-21(22)26-14-20-3-2-6-27-20)13-24-23-18-8-16-7-17(10-18)11-19(23)9-16/h2-6,12,16-19,23-24H,7-11,13-14H2,1H3. The average molecular weight is 384 g/mol. The molecule has 4 fully saturated rings. The van der Waals surface area contributed by atoms with Crippen LogP contribution in [0.4, 0.5) is 0 Å². The second-order valence-electron chi connectivity index (χ2n) is 8.69. The van der Waals surface area contributed by atoms with Crippen molar-refractivity contribution in [3.8, 4) is 11.5 Å². The molecule has 4 saturated carbocycles. The third kappa shape index (κ3) is 3.62. The van der Waals surface area contributed by atoms with Gasteiger partial charge in [-0.2, -0.15) is 0 Å². The van der Waals surface area contributed by atoms with Crippen LogP contribution < -0.4 is 14.8 Å². The van der Waals surface area contributed by atoms with Gasteiger partial charge in [0.25, 0.3) is 0 Å². The molecule has 0 spiro atoms. The monoisotopic (exact) mass is 383 g/mol. The van der Waals surface area contributed by atoms with Crippen LogP contribution in [-0.2, 0) is 13.2 Å². The molecule has 4 bridgehead atoms. The van der Waals surface area contributed by atoms with Crippen LogP contribution in [0.1, 0.15) is 42.5 Å². The highest BCUT2D eigenvalue weighted by Gasteiger charge is 2.47. The summed E-state index contributed by atoms with van der Waals surface area (Å²) >= 11 is 1.72. The Kier molecular flexibility index (Phi) is 4.87. The van der Waals surface area contributed by atoms with Gasteiger partial charge in [-0.25, -0.2) is 0 Å². The molecule has 4 aliphatic carbocycles. The Bertz CT molecular complexity index is 745. The van der Waals surface area contributed by atoms with Gasteiger partial charge in [0.05, 0.1) is 7.11 Å². The first-order valence-electron chi connectivity index (χ1n) is 10.3. The number of thiophene rings is 1. The largest absolute Gasteiger partial charge is 0.493 e. The second kappa shape index (κ2) is 7.48. The van der Waals surface area contributed by atoms with E-state index in [1.165, 1.54) is 42.5 Å². The molecular formula is C23H29NO2S. The number of benzene rings is 1. The van der Waals surface area contributed by atoms with Crippen LogP contribution in [0.25, 0.3) is 0 Å². The number of nitrogens with one attached hydrogen (secondary N) is 1. The van der Waals surface area contributed by atoms with E-state index in [4.69, 9.17) is 9.47 Å². The molecule has 1 aromatic carbocycles. The van der Waals surface area contributed by atoms with Crippen LogP contribution in [0.2, 0.25) is 0 Å². The lowest BCUT2D eigenvalue weighted by molar-refractivity contribution is -0.0142. The zero-order valence-corrected chi connectivity index (χ0v) is 16.8. The molecule has 0 aliphatic heterocycles. The molecule has 0 atom stereocenters. The topological polar surface area (TPSA) is 30.5 Å². The first-order valence-corrected chi connectivity index (χ1v) is 11.2. The molecular weight excluding hydrogens is 354 g/mol. The molecule has 4 aliphatic rings. The Hall–Kier alpha value is -1.52. The molecule has 4 heteroatoms. The Morgan fingerprint density at radius 2 is 1.78 bits per heavy atom. The van der Waals surface area contributed by atoms with Gasteiger partial charge in [0.2, 0.25) is 0 Å². The zero-order chi connectivity index (χ0) is 18.2. The minimum Gasteiger partial charge on any atom is -0.493 e. The van der Waals surface area contributed by atoms with Crippen molar-refractivity contribution in [1.82, 2.24) is 5.32 Å². The summed E-state index contributed by atoms with van der Waals surface area (Å²) in [6, 6.07) is 11.2. The number of methoxy groups -OCH3 is 1. The van der Waals surface area contributed by atoms with E-state index in [0.29, 0.717) is 6.61 Å². The number of hydrogen-bond acceptors (Lipinski definition) is 4. The van der Waals surface area contributed by atoms with E-state index in [2.05, 4.69) is 41.0 Å². The fourth-order valence-electron chi connectivity index (χ4n) is 5.98. The van der Waals surface area contributed by atoms with Gasteiger partial charge in [0.15, 0.2) is 11.5 Å². The van der Waals surface area contributed by atoms with Crippen molar-refractivity contribution >= 4 is 11.3 Å². The summed E-state index contributed by atoms with van der Waals surface area (Å²) in [6.07, 6.45) is 7.36. The summed E-state index contributed by atoms with van der Waals surface area (Å²) < 4.78 is 11.6. The van der Waals surface area contributed by atoms with Gasteiger partial charge in [-0.3, -0.25) is 0 Å². The van der Waals surface area contributed by atoms with Crippen molar-refractivity contribution in [3.63, 3.8) is 0 Å². The minimum absolute atomic E-state index is 0.597. The van der Waals surface area contributed by atoms with Crippen LogP contribution in [-0.4, -0.2) is 13.2 Å². The molecule has 0 radical (unpaired) electrons. The lowest BCUT2D eigenvalue weighted by Gasteiger charge is -2.54. The summed E-state index contributed by atoms with van der Waals surface area (Å²) in [5.41, 5.74) is 1.28. The van der Waals surface area contributed by atoms with Gasteiger partial charge in [-0.15, -0.1) is 11.3 Å². The molecule has 144 valence electrons. The molecule has 0 unspecified atom stereocenters. The maximum absolute atomic E-state index is 5.96. The summed E-state index contributed by atoms with van der Waals surface area (Å²) in [7, 11) is 1.72. The van der Waals surface area contributed by atoms with E-state index in [9.17, 15) is 0 Å². The van der Waals surface area contributed by atoms with Crippen LogP contribution in [0, 0.1) is 23.7 Å². The first kappa shape index (κ1) is 17.6. The van der Waals surface area contributed by atoms with Crippen molar-refractivity contribution < 1.29 is 9.47 Å². The Balaban J connectivity index is 1.22. The van der Waals surface area contributed by atoms with E-state index in [1.807, 2.05) is 0 Å². The van der Waals surface area contributed by atoms with Crippen LogP contribution in [0.3, 0.4) is 0 Å². The Morgan fingerprint density at radius 1 is 1.00 bits per heavy atom. The second-order valence-corrected chi connectivity index (χ2v) is 9.72. The SMILES string of the molecule is COc1cc(CNC2C3CC4CC(C3)CC2C4)ccc1OCc1cccs1. The van der Waals surface area contributed by atoms with Gasteiger partial charge in [0.1, 0.15) is 6.61 Å². The van der Waals surface area contributed by atoms with Crippen molar-refractivity contribution in [2.45, 2.75) is 51.3 Å². The van der Waals surface area contributed by atoms with Gasteiger partial charge < -0.3 is 14.8 Å². The lowest BCUT2D eigenvalue weighted by Crippen LogP contribution is -2.54. The Morgan fingerprint density at radius 3 is 2.44 bits per heavy atom. The quantitative estimate of drug-likeness (QED) is 0.708. The van der Waals surface area contributed by atoms with Crippen LogP contribution in [0.15, 0.2) is 35.7 Å². The van der Waals surface area contributed by atoms with E-state index >= 15 is 0 Å². The summed E-state index contributed by atoms with van der Waals surface area (Å²) in [5.74, 6) is 5.55. The summed E-state index contributed by atoms with van der Waals surface area (Å²) in [5, 5.41) is 5.99. The van der Waals surface area contributed by atoms with Gasteiger partial charge >= 0.3 is 0 Å². The van der Waals surface area contributed by atoms with E-state index in [-0.39, 0.29) is 0 Å². The molecule has 1 aromatic heterocycles. The summed E-state index contributed by atoms with van der Waals surface area (Å²) in [4.78, 5) is 1.23. The molecule has 0 amide bonds. The highest BCUT2D eigenvalue weighted by atomic mass is 32.1. The van der Waals surface area contributed by atoms with Gasteiger partial charge in [-0.05, 0) is 84.9 Å². The highest BCUT2D eigenvalue weighted by Crippen LogP contribution is 2.53. The van der Waals surface area contributed by atoms with E-state index < -0.39 is 0 Å². The third-order valence-corrected chi connectivity index (χ3v) is 7.80. The number of rotatable bonds is 7. The normalized spacial score (nSPS) is 31.2. The van der Waals surface area contributed by atoms with Crippen molar-refractivity contribution in [3.05, 3.63) is 46.2 Å². The van der Waals surface area contributed by atoms with Crippen LogP contribution >= 0.6 is 11.3 Å². The van der Waals surface area contributed by atoms with Crippen molar-refractivity contribution in [1.29, 1.82) is 0 Å². The third-order valence-electron chi connectivity index (χ3n) is 6.95. The maximum Gasteiger partial charge on any atom is 0.161 e. The van der Waals surface area contributed by atoms with Crippen LogP contribution in [0.5, 0.6) is 11.5 Å². The average Bonchev–Trinajstić information content (AvgIpc) is 3.19. The van der Waals surface area contributed by atoms with Crippen molar-refractivity contribution in [2.75, 3.05) is 7.11 Å². The maximum atomic E-state index is 5.96. The number of hydrogen-bond donors (Lipinski definition) is 1. The number of ether oxygens (including phenoxy) is 2. The summed E-state index contributed by atoms with van der Waals surface area (Å²) in [6.45, 7) is 1.52. The molecule has 27 heavy (non-hydrogen) atoms. The first-order chi connectivity index (χ1) is 13.3. The molecule has 6 rings (SSSR count). The zero-order valence-electron chi connectivity index (χ0n) is 16.0. The molecule has 1 heterocycles. The molecule has 0 saturated heterocycles. The van der Waals surface area contributed by atoms with Crippen molar-refractivity contribution in [2.24, 2.45) is 23.7 Å². The van der Waals surface area contributed by atoms with E-state index in [0.717, 1.165) is 47.8 Å². The fraction of sp³-hybridized carbons (Fsp3) is 0.565. The van der Waals surface area contributed by atoms with E-state index in [1.54, 1.807) is 18.4 Å². The van der Waals surface area contributed by atoms with Gasteiger partial charge in [-0.1, -0.05) is 12.1 Å². The minimum atomic E-state index is 0.597. The molecule has 1 N–H and O–H groups in total. The highest BCUT2D eigenvalue weighted by molar-refractivity contribution is 7.09. The fourth-order valence-corrected chi connectivity index (χ4v) is 6.60.